The van der Waals surface area contributed by atoms with E-state index in [1.807, 2.05) is 0 Å². The quantitative estimate of drug-likeness (QED) is 0.749. The third kappa shape index (κ3) is 4.35. The average molecular weight is 259 g/mol. The molecule has 0 heterocycles. The predicted octanol–water partition coefficient (Wildman–Crippen LogP) is 4.34. The van der Waals surface area contributed by atoms with E-state index in [0.29, 0.717) is 0 Å². The molecular weight excluding hydrogens is 230 g/mol. The fraction of sp³-hybridized carbons (Fsp3) is 0.667. The summed E-state index contributed by atoms with van der Waals surface area (Å²) >= 11 is 0. The highest BCUT2D eigenvalue weighted by Crippen LogP contribution is 2.32. The van der Waals surface area contributed by atoms with Gasteiger partial charge in [-0.3, -0.25) is 0 Å². The van der Waals surface area contributed by atoms with E-state index in [1.165, 1.54) is 57.2 Å². The highest BCUT2D eigenvalue weighted by Gasteiger charge is 2.25. The van der Waals surface area contributed by atoms with Gasteiger partial charge in [-0.25, -0.2) is 0 Å². The second-order valence-electron chi connectivity index (χ2n) is 6.14. The third-order valence-electron chi connectivity index (χ3n) is 4.64. The lowest BCUT2D eigenvalue weighted by atomic mass is 9.75. The minimum Gasteiger partial charge on any atom is -0.316 e. The zero-order valence-corrected chi connectivity index (χ0v) is 12.6. The number of benzene rings is 1. The molecule has 2 rings (SSSR count). The van der Waals surface area contributed by atoms with Gasteiger partial charge in [0.25, 0.3) is 0 Å². The van der Waals surface area contributed by atoms with Crippen LogP contribution in [0.5, 0.6) is 0 Å². The second kappa shape index (κ2) is 7.69. The fourth-order valence-corrected chi connectivity index (χ4v) is 3.41. The predicted molar refractivity (Wildman–Crippen MR) is 83.5 cm³/mol. The van der Waals surface area contributed by atoms with Crippen molar-refractivity contribution in [2.75, 3.05) is 13.1 Å². The molecular formula is C18H29N. The molecule has 0 amide bonds. The maximum absolute atomic E-state index is 3.64. The molecule has 2 atom stereocenters. The highest BCUT2D eigenvalue weighted by molar-refractivity contribution is 5.26. The molecule has 1 fully saturated rings. The van der Waals surface area contributed by atoms with Gasteiger partial charge in [0.2, 0.25) is 0 Å². The van der Waals surface area contributed by atoms with Crippen molar-refractivity contribution in [2.24, 2.45) is 11.8 Å². The van der Waals surface area contributed by atoms with E-state index in [-0.39, 0.29) is 0 Å². The largest absolute Gasteiger partial charge is 0.316 e. The SMILES string of the molecule is CCCNCC1CCCCC1Cc1ccccc1C. The topological polar surface area (TPSA) is 12.0 Å². The van der Waals surface area contributed by atoms with E-state index in [4.69, 9.17) is 0 Å². The van der Waals surface area contributed by atoms with E-state index >= 15 is 0 Å². The highest BCUT2D eigenvalue weighted by atomic mass is 14.9. The third-order valence-corrected chi connectivity index (χ3v) is 4.64. The molecule has 1 N–H and O–H groups in total. The van der Waals surface area contributed by atoms with Gasteiger partial charge >= 0.3 is 0 Å². The number of hydrogen-bond acceptors (Lipinski definition) is 1. The molecule has 0 spiro atoms. The fourth-order valence-electron chi connectivity index (χ4n) is 3.41. The molecule has 0 aliphatic heterocycles. The molecule has 0 radical (unpaired) electrons. The van der Waals surface area contributed by atoms with Crippen LogP contribution in [-0.2, 0) is 6.42 Å². The Bertz CT molecular complexity index is 372. The van der Waals surface area contributed by atoms with Crippen molar-refractivity contribution in [2.45, 2.75) is 52.4 Å². The van der Waals surface area contributed by atoms with Gasteiger partial charge in [-0.2, -0.15) is 0 Å². The Hall–Kier alpha value is -0.820. The van der Waals surface area contributed by atoms with Crippen molar-refractivity contribution < 1.29 is 0 Å². The minimum absolute atomic E-state index is 0.888. The van der Waals surface area contributed by atoms with E-state index in [9.17, 15) is 0 Å². The van der Waals surface area contributed by atoms with Crippen molar-refractivity contribution in [1.29, 1.82) is 0 Å². The van der Waals surface area contributed by atoms with Crippen LogP contribution in [0, 0.1) is 18.8 Å². The summed E-state index contributed by atoms with van der Waals surface area (Å²) in [4.78, 5) is 0. The Labute approximate surface area is 118 Å². The van der Waals surface area contributed by atoms with Crippen LogP contribution >= 0.6 is 0 Å². The lowest BCUT2D eigenvalue weighted by Gasteiger charge is -2.32. The number of aryl methyl sites for hydroxylation is 1. The molecule has 2 unspecified atom stereocenters. The van der Waals surface area contributed by atoms with Crippen LogP contribution in [0.4, 0.5) is 0 Å². The lowest BCUT2D eigenvalue weighted by molar-refractivity contribution is 0.228. The van der Waals surface area contributed by atoms with Gasteiger partial charge in [-0.1, -0.05) is 44.0 Å². The monoisotopic (exact) mass is 259 g/mol. The molecule has 1 nitrogen and oxygen atoms in total. The molecule has 106 valence electrons. The van der Waals surface area contributed by atoms with Gasteiger partial charge in [0, 0.05) is 0 Å². The maximum atomic E-state index is 3.64. The Kier molecular flexibility index (Phi) is 5.91. The van der Waals surface area contributed by atoms with Gasteiger partial charge in [0.1, 0.15) is 0 Å². The van der Waals surface area contributed by atoms with Crippen LogP contribution in [0.15, 0.2) is 24.3 Å². The zero-order chi connectivity index (χ0) is 13.5. The normalized spacial score (nSPS) is 23.5. The molecule has 0 bridgehead atoms. The summed E-state index contributed by atoms with van der Waals surface area (Å²) < 4.78 is 0. The standard InChI is InChI=1S/C18H29N/c1-3-12-19-14-18-11-7-6-10-17(18)13-16-9-5-4-8-15(16)2/h4-5,8-9,17-19H,3,6-7,10-14H2,1-2H3. The van der Waals surface area contributed by atoms with E-state index in [2.05, 4.69) is 43.4 Å². The summed E-state index contributed by atoms with van der Waals surface area (Å²) in [7, 11) is 0. The summed E-state index contributed by atoms with van der Waals surface area (Å²) in [6, 6.07) is 8.92. The Morgan fingerprint density at radius 2 is 1.84 bits per heavy atom. The summed E-state index contributed by atoms with van der Waals surface area (Å²) in [5, 5.41) is 3.64. The summed E-state index contributed by atoms with van der Waals surface area (Å²) in [6.07, 6.45) is 8.24. The smallest absolute Gasteiger partial charge is 0.00178 e. The van der Waals surface area contributed by atoms with Crippen molar-refractivity contribution in [3.05, 3.63) is 35.4 Å². The van der Waals surface area contributed by atoms with E-state index in [0.717, 1.165) is 11.8 Å². The van der Waals surface area contributed by atoms with E-state index in [1.54, 1.807) is 5.56 Å². The molecule has 1 saturated carbocycles. The van der Waals surface area contributed by atoms with Gasteiger partial charge in [0.15, 0.2) is 0 Å². The van der Waals surface area contributed by atoms with Crippen LogP contribution in [0.3, 0.4) is 0 Å². The molecule has 1 aromatic carbocycles. The molecule has 0 saturated heterocycles. The number of rotatable bonds is 6. The van der Waals surface area contributed by atoms with Crippen LogP contribution in [0.25, 0.3) is 0 Å². The van der Waals surface area contributed by atoms with Gasteiger partial charge < -0.3 is 5.32 Å². The molecule has 19 heavy (non-hydrogen) atoms. The zero-order valence-electron chi connectivity index (χ0n) is 12.6. The van der Waals surface area contributed by atoms with Crippen molar-refractivity contribution >= 4 is 0 Å². The Morgan fingerprint density at radius 3 is 2.58 bits per heavy atom. The first-order chi connectivity index (χ1) is 9.31. The number of hydrogen-bond donors (Lipinski definition) is 1. The summed E-state index contributed by atoms with van der Waals surface area (Å²) in [6.45, 7) is 6.90. The molecule has 1 aliphatic carbocycles. The molecule has 0 aromatic heterocycles. The van der Waals surface area contributed by atoms with E-state index < -0.39 is 0 Å². The van der Waals surface area contributed by atoms with Crippen LogP contribution in [0.2, 0.25) is 0 Å². The van der Waals surface area contributed by atoms with Crippen molar-refractivity contribution in [3.8, 4) is 0 Å². The van der Waals surface area contributed by atoms with Crippen LogP contribution < -0.4 is 5.32 Å². The summed E-state index contributed by atoms with van der Waals surface area (Å²) in [5.74, 6) is 1.78. The Morgan fingerprint density at radius 1 is 1.11 bits per heavy atom. The lowest BCUT2D eigenvalue weighted by Crippen LogP contribution is -2.32. The Balaban J connectivity index is 1.93. The average Bonchev–Trinajstić information content (AvgIpc) is 2.43. The van der Waals surface area contributed by atoms with Crippen molar-refractivity contribution in [3.63, 3.8) is 0 Å². The molecule has 1 heteroatoms. The molecule has 1 aromatic rings. The van der Waals surface area contributed by atoms with Crippen molar-refractivity contribution in [1.82, 2.24) is 5.32 Å². The first-order valence-corrected chi connectivity index (χ1v) is 8.06. The summed E-state index contributed by atoms with van der Waals surface area (Å²) in [5.41, 5.74) is 3.03. The second-order valence-corrected chi connectivity index (χ2v) is 6.14. The molecule has 1 aliphatic rings. The first-order valence-electron chi connectivity index (χ1n) is 8.06. The maximum Gasteiger partial charge on any atom is -0.00178 e. The van der Waals surface area contributed by atoms with Gasteiger partial charge in [-0.05, 0) is 68.7 Å². The first kappa shape index (κ1) is 14.6. The van der Waals surface area contributed by atoms with Crippen LogP contribution in [0.1, 0.15) is 50.2 Å². The number of nitrogens with one attached hydrogen (secondary N) is 1. The minimum atomic E-state index is 0.888. The van der Waals surface area contributed by atoms with Gasteiger partial charge in [0.05, 0.1) is 0 Å². The van der Waals surface area contributed by atoms with Crippen LogP contribution in [-0.4, -0.2) is 13.1 Å². The van der Waals surface area contributed by atoms with Gasteiger partial charge in [-0.15, -0.1) is 0 Å².